The first-order chi connectivity index (χ1) is 17.8. The number of hydrogen-bond donors (Lipinski definition) is 2. The molecule has 3 aliphatic rings. The smallest absolute Gasteiger partial charge is 0.387 e. The maximum atomic E-state index is 13.1. The molecule has 37 heavy (non-hydrogen) atoms. The molecule has 2 heterocycles. The van der Waals surface area contributed by atoms with Crippen molar-refractivity contribution >= 4 is 17.7 Å². The number of amides is 3. The van der Waals surface area contributed by atoms with E-state index in [0.29, 0.717) is 37.6 Å². The van der Waals surface area contributed by atoms with Crippen LogP contribution in [0.4, 0.5) is 8.78 Å². The number of alkyl halides is 2. The molecule has 0 spiro atoms. The highest BCUT2D eigenvalue weighted by Crippen LogP contribution is 2.39. The summed E-state index contributed by atoms with van der Waals surface area (Å²) in [6.07, 6.45) is 2.49. The molecule has 2 aliphatic heterocycles. The lowest BCUT2D eigenvalue weighted by Gasteiger charge is -2.22. The lowest BCUT2D eigenvalue weighted by Crippen LogP contribution is -2.44. The summed E-state index contributed by atoms with van der Waals surface area (Å²) >= 11 is 0. The van der Waals surface area contributed by atoms with E-state index in [1.807, 2.05) is 12.1 Å². The van der Waals surface area contributed by atoms with Crippen LogP contribution in [-0.2, 0) is 22.7 Å². The zero-order valence-electron chi connectivity index (χ0n) is 20.5. The van der Waals surface area contributed by atoms with E-state index in [1.54, 1.807) is 18.2 Å². The van der Waals surface area contributed by atoms with E-state index >= 15 is 0 Å². The van der Waals surface area contributed by atoms with E-state index in [9.17, 15) is 23.2 Å². The van der Waals surface area contributed by atoms with E-state index in [2.05, 4.69) is 15.4 Å². The molecular weight excluding hydrogens is 484 g/mol. The van der Waals surface area contributed by atoms with Crippen molar-refractivity contribution in [2.75, 3.05) is 13.2 Å². The van der Waals surface area contributed by atoms with Crippen LogP contribution in [0.1, 0.15) is 59.2 Å². The average Bonchev–Trinajstić information content (AvgIpc) is 3.47. The molecule has 10 heteroatoms. The molecule has 1 aliphatic carbocycles. The molecule has 2 aromatic rings. The van der Waals surface area contributed by atoms with Crippen LogP contribution in [0, 0.1) is 5.92 Å². The third kappa shape index (κ3) is 5.68. The van der Waals surface area contributed by atoms with Crippen LogP contribution in [0.3, 0.4) is 0 Å². The summed E-state index contributed by atoms with van der Waals surface area (Å²) in [6, 6.07) is 9.65. The van der Waals surface area contributed by atoms with Crippen LogP contribution in [0.2, 0.25) is 0 Å². The van der Waals surface area contributed by atoms with Crippen molar-refractivity contribution in [3.8, 4) is 11.5 Å². The second-order valence-electron chi connectivity index (χ2n) is 9.85. The summed E-state index contributed by atoms with van der Waals surface area (Å²) in [5.74, 6) is -0.172. The fourth-order valence-electron chi connectivity index (χ4n) is 4.93. The number of rotatable bonds is 9. The SMILES string of the molecule is CC(=O)N1C[C@H](c2ccc(OC(F)F)c(OCC3CC3)c2)C[C@@H]1C(=O)NCc1ccc2c(c1)C(=O)NC2. The Balaban J connectivity index is 1.28. The van der Waals surface area contributed by atoms with Gasteiger partial charge >= 0.3 is 6.61 Å². The zero-order chi connectivity index (χ0) is 26.1. The molecule has 0 unspecified atom stereocenters. The molecule has 2 N–H and O–H groups in total. The Hall–Kier alpha value is -3.69. The normalized spacial score (nSPS) is 20.5. The number of benzene rings is 2. The van der Waals surface area contributed by atoms with Crippen molar-refractivity contribution in [2.45, 2.75) is 57.8 Å². The number of halogens is 2. The highest BCUT2D eigenvalue weighted by Gasteiger charge is 2.39. The summed E-state index contributed by atoms with van der Waals surface area (Å²) in [5, 5.41) is 5.66. The number of nitrogens with one attached hydrogen (secondary N) is 2. The lowest BCUT2D eigenvalue weighted by atomic mass is 9.95. The van der Waals surface area contributed by atoms with Gasteiger partial charge in [0.25, 0.3) is 5.91 Å². The molecule has 8 nitrogen and oxygen atoms in total. The van der Waals surface area contributed by atoms with Crippen molar-refractivity contribution in [3.63, 3.8) is 0 Å². The van der Waals surface area contributed by atoms with Gasteiger partial charge < -0.3 is 25.0 Å². The van der Waals surface area contributed by atoms with Crippen molar-refractivity contribution < 1.29 is 32.6 Å². The molecule has 5 rings (SSSR count). The number of carbonyl (C=O) groups excluding carboxylic acids is 3. The Morgan fingerprint density at radius 3 is 2.70 bits per heavy atom. The molecular formula is C27H29F2N3O5. The van der Waals surface area contributed by atoms with Crippen LogP contribution < -0.4 is 20.1 Å². The van der Waals surface area contributed by atoms with Gasteiger partial charge in [0.05, 0.1) is 6.61 Å². The van der Waals surface area contributed by atoms with Crippen LogP contribution in [0.25, 0.3) is 0 Å². The van der Waals surface area contributed by atoms with Crippen LogP contribution in [0.5, 0.6) is 11.5 Å². The third-order valence-electron chi connectivity index (χ3n) is 7.16. The van der Waals surface area contributed by atoms with Gasteiger partial charge in [0, 0.05) is 38.0 Å². The predicted molar refractivity (Wildman–Crippen MR) is 129 cm³/mol. The Kier molecular flexibility index (Phi) is 6.99. The van der Waals surface area contributed by atoms with Gasteiger partial charge in [-0.2, -0.15) is 8.78 Å². The van der Waals surface area contributed by atoms with Gasteiger partial charge in [-0.15, -0.1) is 0 Å². The number of likely N-dealkylation sites (tertiary alicyclic amines) is 1. The number of fused-ring (bicyclic) bond motifs is 1. The summed E-state index contributed by atoms with van der Waals surface area (Å²) < 4.78 is 36.2. The van der Waals surface area contributed by atoms with Gasteiger partial charge in [0.15, 0.2) is 11.5 Å². The number of ether oxygens (including phenoxy) is 2. The Morgan fingerprint density at radius 2 is 1.97 bits per heavy atom. The highest BCUT2D eigenvalue weighted by molar-refractivity contribution is 5.98. The van der Waals surface area contributed by atoms with Gasteiger partial charge in [-0.05, 0) is 60.1 Å². The average molecular weight is 514 g/mol. The molecule has 2 fully saturated rings. The summed E-state index contributed by atoms with van der Waals surface area (Å²) in [6.45, 7) is -0.0644. The standard InChI is InChI=1S/C27H29F2N3O5/c1-15(33)32-13-20(18-6-7-23(37-27(28)29)24(10-18)36-14-16-2-3-16)9-22(32)26(35)30-11-17-4-5-19-12-31-25(34)21(19)8-17/h4-8,10,16,20,22,27H,2-3,9,11-14H2,1H3,(H,30,35)(H,31,34)/t20-,22-/m1/s1. The van der Waals surface area contributed by atoms with Crippen molar-refractivity contribution in [1.29, 1.82) is 0 Å². The highest BCUT2D eigenvalue weighted by atomic mass is 19.3. The molecule has 196 valence electrons. The molecule has 3 amide bonds. The molecule has 2 aromatic carbocycles. The minimum absolute atomic E-state index is 0.0295. The van der Waals surface area contributed by atoms with Gasteiger partial charge in [0.2, 0.25) is 11.8 Å². The minimum Gasteiger partial charge on any atom is -0.489 e. The first kappa shape index (κ1) is 25.0. The molecule has 1 saturated carbocycles. The number of carbonyl (C=O) groups is 3. The van der Waals surface area contributed by atoms with E-state index in [4.69, 9.17) is 4.74 Å². The van der Waals surface area contributed by atoms with Crippen LogP contribution in [0.15, 0.2) is 36.4 Å². The first-order valence-electron chi connectivity index (χ1n) is 12.4. The number of nitrogens with zero attached hydrogens (tertiary/aromatic N) is 1. The largest absolute Gasteiger partial charge is 0.489 e. The molecule has 1 saturated heterocycles. The van der Waals surface area contributed by atoms with E-state index in [0.717, 1.165) is 29.5 Å². The maximum absolute atomic E-state index is 13.1. The number of hydrogen-bond acceptors (Lipinski definition) is 5. The fourth-order valence-corrected chi connectivity index (χ4v) is 4.93. The van der Waals surface area contributed by atoms with Crippen molar-refractivity contribution in [2.24, 2.45) is 5.92 Å². The monoisotopic (exact) mass is 513 g/mol. The minimum atomic E-state index is -2.97. The molecule has 2 atom stereocenters. The summed E-state index contributed by atoms with van der Waals surface area (Å²) in [7, 11) is 0. The van der Waals surface area contributed by atoms with Crippen LogP contribution >= 0.6 is 0 Å². The molecule has 0 aromatic heterocycles. The Labute approximate surface area is 213 Å². The quantitative estimate of drug-likeness (QED) is 0.536. The van der Waals surface area contributed by atoms with Gasteiger partial charge in [-0.3, -0.25) is 14.4 Å². The van der Waals surface area contributed by atoms with Crippen LogP contribution in [-0.4, -0.2) is 48.4 Å². The van der Waals surface area contributed by atoms with E-state index in [-0.39, 0.29) is 41.7 Å². The summed E-state index contributed by atoms with van der Waals surface area (Å²) in [5.41, 5.74) is 3.11. The zero-order valence-corrected chi connectivity index (χ0v) is 20.5. The molecule has 0 radical (unpaired) electrons. The van der Waals surface area contributed by atoms with E-state index < -0.39 is 12.7 Å². The van der Waals surface area contributed by atoms with Gasteiger partial charge in [-0.1, -0.05) is 18.2 Å². The van der Waals surface area contributed by atoms with Crippen molar-refractivity contribution in [3.05, 3.63) is 58.7 Å². The van der Waals surface area contributed by atoms with Gasteiger partial charge in [0.1, 0.15) is 6.04 Å². The van der Waals surface area contributed by atoms with Crippen molar-refractivity contribution in [1.82, 2.24) is 15.5 Å². The van der Waals surface area contributed by atoms with Gasteiger partial charge in [-0.25, -0.2) is 0 Å². The second kappa shape index (κ2) is 10.4. The Morgan fingerprint density at radius 1 is 1.16 bits per heavy atom. The molecule has 0 bridgehead atoms. The first-order valence-corrected chi connectivity index (χ1v) is 12.4. The summed E-state index contributed by atoms with van der Waals surface area (Å²) in [4.78, 5) is 39.0. The lowest BCUT2D eigenvalue weighted by molar-refractivity contribution is -0.136. The van der Waals surface area contributed by atoms with E-state index in [1.165, 1.54) is 17.9 Å². The Bertz CT molecular complexity index is 1220. The maximum Gasteiger partial charge on any atom is 0.387 e. The fraction of sp³-hybridized carbons (Fsp3) is 0.444. The third-order valence-corrected chi connectivity index (χ3v) is 7.16. The second-order valence-corrected chi connectivity index (χ2v) is 9.85. The topological polar surface area (TPSA) is 97.0 Å². The predicted octanol–water partition coefficient (Wildman–Crippen LogP) is 3.34.